The Morgan fingerprint density at radius 2 is 1.71 bits per heavy atom. The van der Waals surface area contributed by atoms with E-state index < -0.39 is 0 Å². The second-order valence-electron chi connectivity index (χ2n) is 3.48. The number of halogens is 3. The molecule has 5 heteroatoms. The normalized spacial score (nSPS) is 10.6. The Morgan fingerprint density at radius 1 is 1.12 bits per heavy atom. The minimum absolute atomic E-state index is 0.172. The summed E-state index contributed by atoms with van der Waals surface area (Å²) in [5.41, 5.74) is 0.305. The molecule has 2 rings (SSSR count). The molecule has 17 heavy (non-hydrogen) atoms. The van der Waals surface area contributed by atoms with Crippen LogP contribution in [0.1, 0.15) is 20.1 Å². The maximum Gasteiger partial charge on any atom is 0.205 e. The van der Waals surface area contributed by atoms with Crippen LogP contribution in [0, 0.1) is 6.92 Å². The predicted octanol–water partition coefficient (Wildman–Crippen LogP) is 5.25. The lowest BCUT2D eigenvalue weighted by Crippen LogP contribution is -2.00. The highest BCUT2D eigenvalue weighted by Crippen LogP contribution is 2.32. The van der Waals surface area contributed by atoms with Crippen LogP contribution in [-0.2, 0) is 0 Å². The molecule has 0 amide bonds. The van der Waals surface area contributed by atoms with Gasteiger partial charge in [-0.05, 0) is 31.2 Å². The summed E-state index contributed by atoms with van der Waals surface area (Å²) in [6.45, 7) is 1.94. The molecule has 1 nitrogen and oxygen atoms in total. The van der Waals surface area contributed by atoms with Crippen molar-refractivity contribution < 1.29 is 4.79 Å². The van der Waals surface area contributed by atoms with Gasteiger partial charge in [0, 0.05) is 9.90 Å². The van der Waals surface area contributed by atoms with Crippen molar-refractivity contribution in [2.24, 2.45) is 0 Å². The van der Waals surface area contributed by atoms with Crippen LogP contribution in [0.15, 0.2) is 24.3 Å². The summed E-state index contributed by atoms with van der Waals surface area (Å²) in [5.74, 6) is -0.172. The van der Waals surface area contributed by atoms with Crippen molar-refractivity contribution in [3.05, 3.63) is 54.7 Å². The Labute approximate surface area is 118 Å². The number of carbonyl (C=O) groups is 1. The van der Waals surface area contributed by atoms with Crippen molar-refractivity contribution >= 4 is 51.9 Å². The fourth-order valence-electron chi connectivity index (χ4n) is 1.44. The van der Waals surface area contributed by atoms with E-state index in [1.807, 2.05) is 13.0 Å². The van der Waals surface area contributed by atoms with E-state index >= 15 is 0 Å². The lowest BCUT2D eigenvalue weighted by atomic mass is 10.1. The summed E-state index contributed by atoms with van der Waals surface area (Å²) in [7, 11) is 0. The molecular weight excluding hydrogens is 299 g/mol. The largest absolute Gasteiger partial charge is 0.288 e. The first-order chi connectivity index (χ1) is 7.99. The highest BCUT2D eigenvalue weighted by Gasteiger charge is 2.18. The average molecular weight is 306 g/mol. The summed E-state index contributed by atoms with van der Waals surface area (Å²) in [5, 5.41) is 0.969. The molecule has 0 spiro atoms. The maximum absolute atomic E-state index is 12.2. The summed E-state index contributed by atoms with van der Waals surface area (Å²) in [4.78, 5) is 13.9. The molecule has 0 unspecified atom stereocenters. The quantitative estimate of drug-likeness (QED) is 0.693. The topological polar surface area (TPSA) is 17.1 Å². The van der Waals surface area contributed by atoms with Crippen LogP contribution in [-0.4, -0.2) is 5.78 Å². The number of benzene rings is 1. The van der Waals surface area contributed by atoms with Gasteiger partial charge in [0.15, 0.2) is 0 Å². The molecule has 0 fully saturated rings. The summed E-state index contributed by atoms with van der Waals surface area (Å²) in [6.07, 6.45) is 0. The summed E-state index contributed by atoms with van der Waals surface area (Å²) in [6, 6.07) is 6.69. The van der Waals surface area contributed by atoms with Crippen LogP contribution < -0.4 is 0 Å². The standard InChI is InChI=1S/C12H7Cl3OS/c1-6-2-3-10(17-6)12(16)11-8(14)4-7(13)5-9(11)15/h2-5H,1H3. The van der Waals surface area contributed by atoms with Gasteiger partial charge in [-0.25, -0.2) is 0 Å². The number of carbonyl (C=O) groups excluding carboxylic acids is 1. The third kappa shape index (κ3) is 2.66. The Morgan fingerprint density at radius 3 is 2.18 bits per heavy atom. The summed E-state index contributed by atoms with van der Waals surface area (Å²) >= 11 is 19.2. The van der Waals surface area contributed by atoms with Gasteiger partial charge >= 0.3 is 0 Å². The SMILES string of the molecule is Cc1ccc(C(=O)c2c(Cl)cc(Cl)cc2Cl)s1. The number of ketones is 1. The maximum atomic E-state index is 12.2. The van der Waals surface area contributed by atoms with E-state index in [1.54, 1.807) is 6.07 Å². The first kappa shape index (κ1) is 12.9. The second-order valence-corrected chi connectivity index (χ2v) is 6.02. The van der Waals surface area contributed by atoms with Crippen molar-refractivity contribution in [2.75, 3.05) is 0 Å². The first-order valence-corrected chi connectivity index (χ1v) is 6.70. The lowest BCUT2D eigenvalue weighted by molar-refractivity contribution is 0.104. The molecule has 0 N–H and O–H groups in total. The Kier molecular flexibility index (Phi) is 3.79. The minimum Gasteiger partial charge on any atom is -0.288 e. The van der Waals surface area contributed by atoms with E-state index in [-0.39, 0.29) is 15.8 Å². The molecule has 0 bridgehead atoms. The molecular formula is C12H7Cl3OS. The number of rotatable bonds is 2. The van der Waals surface area contributed by atoms with Gasteiger partial charge in [0.1, 0.15) is 0 Å². The number of thiophene rings is 1. The monoisotopic (exact) mass is 304 g/mol. The highest BCUT2D eigenvalue weighted by molar-refractivity contribution is 7.14. The Hall–Kier alpha value is -0.540. The Bertz CT molecular complexity index is 566. The smallest absolute Gasteiger partial charge is 0.205 e. The third-order valence-corrected chi connectivity index (χ3v) is 4.01. The molecule has 0 radical (unpaired) electrons. The predicted molar refractivity (Wildman–Crippen MR) is 74.0 cm³/mol. The molecule has 88 valence electrons. The van der Waals surface area contributed by atoms with Crippen molar-refractivity contribution in [3.8, 4) is 0 Å². The van der Waals surface area contributed by atoms with E-state index in [1.165, 1.54) is 23.5 Å². The molecule has 1 aromatic heterocycles. The average Bonchev–Trinajstić information content (AvgIpc) is 2.63. The van der Waals surface area contributed by atoms with Gasteiger partial charge in [0.25, 0.3) is 0 Å². The van der Waals surface area contributed by atoms with E-state index in [2.05, 4.69) is 0 Å². The van der Waals surface area contributed by atoms with Gasteiger partial charge in [0.2, 0.25) is 5.78 Å². The van der Waals surface area contributed by atoms with Gasteiger partial charge in [-0.3, -0.25) is 4.79 Å². The number of hydrogen-bond donors (Lipinski definition) is 0. The molecule has 0 saturated heterocycles. The van der Waals surface area contributed by atoms with Crippen LogP contribution in [0.25, 0.3) is 0 Å². The molecule has 2 aromatic rings. The van der Waals surface area contributed by atoms with E-state index in [0.29, 0.717) is 15.5 Å². The Balaban J connectivity index is 2.51. The van der Waals surface area contributed by atoms with Crippen LogP contribution in [0.4, 0.5) is 0 Å². The van der Waals surface area contributed by atoms with Gasteiger partial charge in [-0.1, -0.05) is 34.8 Å². The number of hydrogen-bond acceptors (Lipinski definition) is 2. The van der Waals surface area contributed by atoms with Crippen molar-refractivity contribution in [1.29, 1.82) is 0 Å². The van der Waals surface area contributed by atoms with Crippen molar-refractivity contribution in [1.82, 2.24) is 0 Å². The fourth-order valence-corrected chi connectivity index (χ4v) is 3.24. The highest BCUT2D eigenvalue weighted by atomic mass is 35.5. The first-order valence-electron chi connectivity index (χ1n) is 4.74. The minimum atomic E-state index is -0.172. The lowest BCUT2D eigenvalue weighted by Gasteiger charge is -2.05. The van der Waals surface area contributed by atoms with E-state index in [4.69, 9.17) is 34.8 Å². The third-order valence-electron chi connectivity index (χ3n) is 2.20. The number of aryl methyl sites for hydroxylation is 1. The van der Waals surface area contributed by atoms with E-state index in [9.17, 15) is 4.79 Å². The van der Waals surface area contributed by atoms with Gasteiger partial charge in [-0.15, -0.1) is 11.3 Å². The van der Waals surface area contributed by atoms with Gasteiger partial charge in [-0.2, -0.15) is 0 Å². The van der Waals surface area contributed by atoms with Crippen LogP contribution >= 0.6 is 46.1 Å². The molecule has 1 heterocycles. The van der Waals surface area contributed by atoms with Crippen LogP contribution in [0.2, 0.25) is 15.1 Å². The zero-order chi connectivity index (χ0) is 12.6. The molecule has 0 atom stereocenters. The molecule has 0 aliphatic rings. The fraction of sp³-hybridized carbons (Fsp3) is 0.0833. The summed E-state index contributed by atoms with van der Waals surface area (Å²) < 4.78 is 0. The van der Waals surface area contributed by atoms with Gasteiger partial charge < -0.3 is 0 Å². The molecule has 1 aromatic carbocycles. The second kappa shape index (κ2) is 4.99. The molecule has 0 aliphatic heterocycles. The van der Waals surface area contributed by atoms with E-state index in [0.717, 1.165) is 4.88 Å². The molecule has 0 aliphatic carbocycles. The van der Waals surface area contributed by atoms with Crippen molar-refractivity contribution in [3.63, 3.8) is 0 Å². The van der Waals surface area contributed by atoms with Crippen molar-refractivity contribution in [2.45, 2.75) is 6.92 Å². The zero-order valence-corrected chi connectivity index (χ0v) is 11.8. The van der Waals surface area contributed by atoms with Crippen LogP contribution in [0.5, 0.6) is 0 Å². The zero-order valence-electron chi connectivity index (χ0n) is 8.76. The van der Waals surface area contributed by atoms with Crippen LogP contribution in [0.3, 0.4) is 0 Å². The molecule has 0 saturated carbocycles. The van der Waals surface area contributed by atoms with Gasteiger partial charge in [0.05, 0.1) is 20.5 Å².